The van der Waals surface area contributed by atoms with Gasteiger partial charge in [-0.15, -0.1) is 0 Å². The molecular formula is C19H20N4O4. The van der Waals surface area contributed by atoms with Gasteiger partial charge in [-0.25, -0.2) is 0 Å². The molecule has 0 aliphatic rings. The van der Waals surface area contributed by atoms with Crippen molar-refractivity contribution in [1.82, 2.24) is 14.7 Å². The lowest BCUT2D eigenvalue weighted by Crippen LogP contribution is -2.27. The van der Waals surface area contributed by atoms with E-state index in [1.165, 1.54) is 23.9 Å². The number of hydrogen-bond donors (Lipinski definition) is 1. The van der Waals surface area contributed by atoms with Crippen molar-refractivity contribution in [3.8, 4) is 17.2 Å². The molecule has 2 heterocycles. The number of rotatable bonds is 6. The molecule has 1 amide bonds. The minimum atomic E-state index is -0.349. The fourth-order valence-electron chi connectivity index (χ4n) is 2.56. The summed E-state index contributed by atoms with van der Waals surface area (Å²) in [6.07, 6.45) is 2.17. The molecule has 140 valence electrons. The van der Waals surface area contributed by atoms with Crippen molar-refractivity contribution in [3.63, 3.8) is 0 Å². The molecule has 0 unspecified atom stereocenters. The number of pyridine rings is 1. The fraction of sp³-hybridized carbons (Fsp3) is 0.263. The molecule has 27 heavy (non-hydrogen) atoms. The third-order valence-corrected chi connectivity index (χ3v) is 3.96. The topological polar surface area (TPSA) is 99.2 Å². The van der Waals surface area contributed by atoms with Gasteiger partial charge >= 0.3 is 0 Å². The smallest absolute Gasteiger partial charge is 0.259 e. The predicted molar refractivity (Wildman–Crippen MR) is 99.7 cm³/mol. The number of aromatic nitrogens is 3. The first kappa shape index (κ1) is 18.4. The summed E-state index contributed by atoms with van der Waals surface area (Å²) < 4.78 is 11.7. The number of carbonyl (C=O) groups is 1. The van der Waals surface area contributed by atoms with Crippen LogP contribution in [-0.2, 0) is 17.8 Å². The Morgan fingerprint density at radius 1 is 1.30 bits per heavy atom. The fourth-order valence-corrected chi connectivity index (χ4v) is 2.56. The van der Waals surface area contributed by atoms with Gasteiger partial charge in [-0.1, -0.05) is 18.1 Å². The Kier molecular flexibility index (Phi) is 5.35. The Labute approximate surface area is 155 Å². The first-order valence-corrected chi connectivity index (χ1v) is 8.48. The van der Waals surface area contributed by atoms with E-state index in [0.29, 0.717) is 35.1 Å². The van der Waals surface area contributed by atoms with Crippen LogP contribution >= 0.6 is 0 Å². The van der Waals surface area contributed by atoms with Crippen LogP contribution in [0.5, 0.6) is 5.75 Å². The molecule has 0 saturated heterocycles. The van der Waals surface area contributed by atoms with E-state index >= 15 is 0 Å². The lowest BCUT2D eigenvalue weighted by molar-refractivity contribution is -0.116. The molecule has 0 bridgehead atoms. The Bertz CT molecular complexity index is 1020. The summed E-state index contributed by atoms with van der Waals surface area (Å²) in [5.41, 5.74) is 1.80. The molecule has 0 aliphatic heterocycles. The number of hydrogen-bond acceptors (Lipinski definition) is 6. The van der Waals surface area contributed by atoms with Crippen molar-refractivity contribution in [3.05, 3.63) is 58.3 Å². The lowest BCUT2D eigenvalue weighted by atomic mass is 10.2. The van der Waals surface area contributed by atoms with Crippen molar-refractivity contribution in [2.45, 2.75) is 26.8 Å². The molecular weight excluding hydrogens is 348 g/mol. The van der Waals surface area contributed by atoms with Crippen LogP contribution in [0.25, 0.3) is 11.5 Å². The average Bonchev–Trinajstić information content (AvgIpc) is 3.13. The predicted octanol–water partition coefficient (Wildman–Crippen LogP) is 2.42. The monoisotopic (exact) mass is 368 g/mol. The van der Waals surface area contributed by atoms with Gasteiger partial charge in [0.1, 0.15) is 12.3 Å². The van der Waals surface area contributed by atoms with Crippen molar-refractivity contribution in [1.29, 1.82) is 0 Å². The number of anilines is 1. The second-order valence-electron chi connectivity index (χ2n) is 6.01. The molecule has 8 heteroatoms. The van der Waals surface area contributed by atoms with Crippen LogP contribution in [0.15, 0.2) is 45.8 Å². The summed E-state index contributed by atoms with van der Waals surface area (Å²) in [5, 5.41) is 6.62. The zero-order valence-corrected chi connectivity index (χ0v) is 15.4. The van der Waals surface area contributed by atoms with Crippen LogP contribution in [0.3, 0.4) is 0 Å². The van der Waals surface area contributed by atoms with E-state index in [1.807, 2.05) is 19.9 Å². The van der Waals surface area contributed by atoms with E-state index in [4.69, 9.17) is 9.26 Å². The van der Waals surface area contributed by atoms with Gasteiger partial charge in [-0.2, -0.15) is 4.98 Å². The van der Waals surface area contributed by atoms with Crippen LogP contribution in [0.2, 0.25) is 0 Å². The Morgan fingerprint density at radius 3 is 2.81 bits per heavy atom. The molecule has 3 aromatic rings. The van der Waals surface area contributed by atoms with Crippen molar-refractivity contribution >= 4 is 11.6 Å². The Hall–Kier alpha value is -3.42. The van der Waals surface area contributed by atoms with Gasteiger partial charge in [0.2, 0.25) is 5.91 Å². The standard InChI is InChI=1S/C19H20N4O4/c1-4-16-21-19(27-22-16)13-6-8-18(25)23(10-13)11-17(24)20-14-9-12(2)5-7-15(14)26-3/h5-10H,4,11H2,1-3H3,(H,20,24). The van der Waals surface area contributed by atoms with Gasteiger partial charge in [0.25, 0.3) is 11.4 Å². The van der Waals surface area contributed by atoms with Gasteiger partial charge in [0.15, 0.2) is 5.82 Å². The lowest BCUT2D eigenvalue weighted by Gasteiger charge is -2.12. The molecule has 0 radical (unpaired) electrons. The summed E-state index contributed by atoms with van der Waals surface area (Å²) in [4.78, 5) is 28.8. The number of amides is 1. The SMILES string of the molecule is CCc1noc(-c2ccc(=O)n(CC(=O)Nc3cc(C)ccc3OC)c2)n1. The van der Waals surface area contributed by atoms with Crippen LogP contribution in [-0.4, -0.2) is 27.7 Å². The summed E-state index contributed by atoms with van der Waals surface area (Å²) in [7, 11) is 1.53. The minimum Gasteiger partial charge on any atom is -0.495 e. The number of nitrogens with one attached hydrogen (secondary N) is 1. The van der Waals surface area contributed by atoms with E-state index in [0.717, 1.165) is 5.56 Å². The molecule has 2 aromatic heterocycles. The maximum atomic E-state index is 12.4. The highest BCUT2D eigenvalue weighted by Gasteiger charge is 2.12. The van der Waals surface area contributed by atoms with Crippen molar-refractivity contribution in [2.24, 2.45) is 0 Å². The molecule has 1 aromatic carbocycles. The summed E-state index contributed by atoms with van der Waals surface area (Å²) in [5.74, 6) is 1.08. The highest BCUT2D eigenvalue weighted by Crippen LogP contribution is 2.25. The quantitative estimate of drug-likeness (QED) is 0.717. The third kappa shape index (κ3) is 4.22. The zero-order valence-electron chi connectivity index (χ0n) is 15.4. The number of nitrogens with zero attached hydrogens (tertiary/aromatic N) is 3. The van der Waals surface area contributed by atoms with Crippen molar-refractivity contribution < 1.29 is 14.1 Å². The second kappa shape index (κ2) is 7.86. The minimum absolute atomic E-state index is 0.154. The van der Waals surface area contributed by atoms with Gasteiger partial charge in [0, 0.05) is 18.7 Å². The van der Waals surface area contributed by atoms with Crippen LogP contribution in [0.1, 0.15) is 18.3 Å². The van der Waals surface area contributed by atoms with Gasteiger partial charge < -0.3 is 19.1 Å². The first-order chi connectivity index (χ1) is 13.0. The van der Waals surface area contributed by atoms with E-state index in [-0.39, 0.29) is 18.0 Å². The molecule has 0 saturated carbocycles. The van der Waals surface area contributed by atoms with Crippen molar-refractivity contribution in [2.75, 3.05) is 12.4 Å². The highest BCUT2D eigenvalue weighted by molar-refractivity contribution is 5.92. The molecule has 1 N–H and O–H groups in total. The summed E-state index contributed by atoms with van der Waals surface area (Å²) in [6.45, 7) is 3.68. The van der Waals surface area contributed by atoms with E-state index in [1.54, 1.807) is 18.2 Å². The van der Waals surface area contributed by atoms with E-state index < -0.39 is 0 Å². The molecule has 0 spiro atoms. The number of ether oxygens (including phenoxy) is 1. The second-order valence-corrected chi connectivity index (χ2v) is 6.01. The van der Waals surface area contributed by atoms with Crippen LogP contribution in [0, 0.1) is 6.92 Å². The van der Waals surface area contributed by atoms with Crippen LogP contribution < -0.4 is 15.6 Å². The molecule has 0 aliphatic carbocycles. The largest absolute Gasteiger partial charge is 0.495 e. The number of aryl methyl sites for hydroxylation is 2. The Balaban J connectivity index is 1.81. The summed E-state index contributed by atoms with van der Waals surface area (Å²) in [6, 6.07) is 8.43. The summed E-state index contributed by atoms with van der Waals surface area (Å²) >= 11 is 0. The van der Waals surface area contributed by atoms with E-state index in [9.17, 15) is 9.59 Å². The normalized spacial score (nSPS) is 10.6. The van der Waals surface area contributed by atoms with E-state index in [2.05, 4.69) is 15.5 Å². The van der Waals surface area contributed by atoms with Gasteiger partial charge in [-0.3, -0.25) is 9.59 Å². The Morgan fingerprint density at radius 2 is 2.11 bits per heavy atom. The zero-order chi connectivity index (χ0) is 19.4. The number of carbonyl (C=O) groups excluding carboxylic acids is 1. The number of benzene rings is 1. The molecule has 8 nitrogen and oxygen atoms in total. The van der Waals surface area contributed by atoms with Gasteiger partial charge in [0.05, 0.1) is 18.4 Å². The van der Waals surface area contributed by atoms with Crippen LogP contribution in [0.4, 0.5) is 5.69 Å². The molecule has 3 rings (SSSR count). The molecule has 0 atom stereocenters. The maximum absolute atomic E-state index is 12.4. The third-order valence-electron chi connectivity index (χ3n) is 3.96. The highest BCUT2D eigenvalue weighted by atomic mass is 16.5. The average molecular weight is 368 g/mol. The number of methoxy groups -OCH3 is 1. The molecule has 0 fully saturated rings. The maximum Gasteiger partial charge on any atom is 0.259 e. The van der Waals surface area contributed by atoms with Gasteiger partial charge in [-0.05, 0) is 30.7 Å². The first-order valence-electron chi connectivity index (χ1n) is 8.48.